The number of pyridine rings is 1. The van der Waals surface area contributed by atoms with Crippen molar-refractivity contribution in [2.24, 2.45) is 0 Å². The molecule has 3 aromatic rings. The number of carbonyl (C=O) groups excluding carboxylic acids is 2. The Balaban J connectivity index is 1.48. The van der Waals surface area contributed by atoms with Crippen LogP contribution >= 0.6 is 0 Å². The molecule has 0 bridgehead atoms. The average Bonchev–Trinajstić information content (AvgIpc) is 2.74. The molecule has 5 heteroatoms. The van der Waals surface area contributed by atoms with Crippen molar-refractivity contribution in [3.63, 3.8) is 0 Å². The number of nitrogens with zero attached hydrogens (tertiary/aromatic N) is 1. The minimum absolute atomic E-state index is 0.0919. The Morgan fingerprint density at radius 1 is 0.929 bits per heavy atom. The van der Waals surface area contributed by atoms with E-state index in [1.54, 1.807) is 30.5 Å². The van der Waals surface area contributed by atoms with Gasteiger partial charge in [-0.2, -0.15) is 0 Å². The van der Waals surface area contributed by atoms with Gasteiger partial charge in [0.2, 0.25) is 5.91 Å². The van der Waals surface area contributed by atoms with E-state index in [2.05, 4.69) is 10.3 Å². The molecule has 0 saturated carbocycles. The summed E-state index contributed by atoms with van der Waals surface area (Å²) in [5, 5.41) is 2.83. The van der Waals surface area contributed by atoms with Crippen molar-refractivity contribution in [1.29, 1.82) is 0 Å². The largest absolute Gasteiger partial charge is 0.457 e. The topological polar surface area (TPSA) is 68.3 Å². The maximum Gasteiger partial charge on any atom is 0.338 e. The molecule has 0 atom stereocenters. The fourth-order valence-electron chi connectivity index (χ4n) is 2.73. The minimum Gasteiger partial charge on any atom is -0.457 e. The molecule has 0 saturated heterocycles. The molecule has 1 aromatic heterocycles. The fourth-order valence-corrected chi connectivity index (χ4v) is 2.73. The highest BCUT2D eigenvalue weighted by molar-refractivity contribution is 5.94. The zero-order valence-electron chi connectivity index (χ0n) is 15.5. The Kier molecular flexibility index (Phi) is 6.90. The van der Waals surface area contributed by atoms with Gasteiger partial charge in [-0.15, -0.1) is 0 Å². The first-order chi connectivity index (χ1) is 13.7. The molecule has 2 aromatic carbocycles. The van der Waals surface area contributed by atoms with E-state index >= 15 is 0 Å². The van der Waals surface area contributed by atoms with E-state index in [9.17, 15) is 9.59 Å². The molecule has 0 spiro atoms. The SMILES string of the molecule is O=C(CCCc1ccccn1)Nc1cccc(C(=O)OCc2ccccc2)c1. The number of aromatic nitrogens is 1. The predicted octanol–water partition coefficient (Wildman–Crippen LogP) is 4.40. The first-order valence-corrected chi connectivity index (χ1v) is 9.21. The third-order valence-corrected chi connectivity index (χ3v) is 4.16. The molecule has 142 valence electrons. The number of ether oxygens (including phenoxy) is 1. The van der Waals surface area contributed by atoms with Crippen LogP contribution in [0.4, 0.5) is 5.69 Å². The van der Waals surface area contributed by atoms with Crippen LogP contribution in [-0.4, -0.2) is 16.9 Å². The van der Waals surface area contributed by atoms with Crippen LogP contribution in [0.15, 0.2) is 79.0 Å². The van der Waals surface area contributed by atoms with E-state index in [-0.39, 0.29) is 12.5 Å². The molecule has 1 amide bonds. The summed E-state index contributed by atoms with van der Waals surface area (Å²) in [5.74, 6) is -0.513. The van der Waals surface area contributed by atoms with Gasteiger partial charge in [-0.3, -0.25) is 9.78 Å². The smallest absolute Gasteiger partial charge is 0.338 e. The van der Waals surface area contributed by atoms with Gasteiger partial charge in [-0.25, -0.2) is 4.79 Å². The third kappa shape index (κ3) is 6.06. The Hall–Kier alpha value is -3.47. The molecule has 0 aliphatic heterocycles. The highest BCUT2D eigenvalue weighted by Gasteiger charge is 2.10. The molecule has 3 rings (SSSR count). The van der Waals surface area contributed by atoms with Gasteiger partial charge in [0.15, 0.2) is 0 Å². The van der Waals surface area contributed by atoms with Crippen LogP contribution in [0.25, 0.3) is 0 Å². The number of esters is 1. The van der Waals surface area contributed by atoms with Crippen LogP contribution < -0.4 is 5.32 Å². The average molecular weight is 374 g/mol. The summed E-state index contributed by atoms with van der Waals surface area (Å²) in [6.07, 6.45) is 3.60. The summed E-state index contributed by atoms with van der Waals surface area (Å²) < 4.78 is 5.33. The molecular weight excluding hydrogens is 352 g/mol. The monoisotopic (exact) mass is 374 g/mol. The Bertz CT molecular complexity index is 911. The number of hydrogen-bond acceptors (Lipinski definition) is 4. The quantitative estimate of drug-likeness (QED) is 0.594. The van der Waals surface area contributed by atoms with Crippen LogP contribution in [-0.2, 0) is 22.6 Å². The second kappa shape index (κ2) is 10.0. The predicted molar refractivity (Wildman–Crippen MR) is 108 cm³/mol. The summed E-state index contributed by atoms with van der Waals surface area (Å²) in [6, 6.07) is 22.0. The number of carbonyl (C=O) groups is 2. The van der Waals surface area contributed by atoms with Crippen molar-refractivity contribution in [2.45, 2.75) is 25.9 Å². The number of benzene rings is 2. The van der Waals surface area contributed by atoms with Gasteiger partial charge in [0, 0.05) is 24.0 Å². The summed E-state index contributed by atoms with van der Waals surface area (Å²) >= 11 is 0. The van der Waals surface area contributed by atoms with Gasteiger partial charge < -0.3 is 10.1 Å². The van der Waals surface area contributed by atoms with Crippen molar-refractivity contribution in [3.05, 3.63) is 95.8 Å². The van der Waals surface area contributed by atoms with Crippen LogP contribution in [0, 0.1) is 0 Å². The summed E-state index contributed by atoms with van der Waals surface area (Å²) in [7, 11) is 0. The second-order valence-corrected chi connectivity index (χ2v) is 6.37. The molecule has 1 N–H and O–H groups in total. The number of nitrogens with one attached hydrogen (secondary N) is 1. The molecule has 28 heavy (non-hydrogen) atoms. The molecule has 0 radical (unpaired) electrons. The number of hydrogen-bond donors (Lipinski definition) is 1. The van der Waals surface area contributed by atoms with Gasteiger partial charge in [-0.05, 0) is 48.7 Å². The zero-order chi connectivity index (χ0) is 19.6. The van der Waals surface area contributed by atoms with Gasteiger partial charge in [0.1, 0.15) is 6.61 Å². The van der Waals surface area contributed by atoms with Crippen molar-refractivity contribution >= 4 is 17.6 Å². The van der Waals surface area contributed by atoms with E-state index in [4.69, 9.17) is 4.74 Å². The third-order valence-electron chi connectivity index (χ3n) is 4.16. The van der Waals surface area contributed by atoms with Crippen LogP contribution in [0.3, 0.4) is 0 Å². The molecule has 0 fully saturated rings. The van der Waals surface area contributed by atoms with Crippen LogP contribution in [0.1, 0.15) is 34.5 Å². The Labute approximate surface area is 164 Å². The summed E-state index contributed by atoms with van der Waals surface area (Å²) in [5.41, 5.74) is 2.88. The lowest BCUT2D eigenvalue weighted by Crippen LogP contribution is -2.12. The minimum atomic E-state index is -0.421. The van der Waals surface area contributed by atoms with Crippen LogP contribution in [0.5, 0.6) is 0 Å². The molecular formula is C23H22N2O3. The van der Waals surface area contributed by atoms with E-state index < -0.39 is 5.97 Å². The molecule has 0 unspecified atom stereocenters. The molecule has 0 aliphatic carbocycles. The fraction of sp³-hybridized carbons (Fsp3) is 0.174. The lowest BCUT2D eigenvalue weighted by atomic mass is 10.1. The first-order valence-electron chi connectivity index (χ1n) is 9.21. The summed E-state index contributed by atoms with van der Waals surface area (Å²) in [4.78, 5) is 28.6. The highest BCUT2D eigenvalue weighted by atomic mass is 16.5. The van der Waals surface area contributed by atoms with E-state index in [0.717, 1.165) is 17.7 Å². The second-order valence-electron chi connectivity index (χ2n) is 6.37. The maximum atomic E-state index is 12.2. The van der Waals surface area contributed by atoms with E-state index in [1.165, 1.54) is 0 Å². The lowest BCUT2D eigenvalue weighted by Gasteiger charge is -2.08. The van der Waals surface area contributed by atoms with Gasteiger partial charge >= 0.3 is 5.97 Å². The Morgan fingerprint density at radius 2 is 1.75 bits per heavy atom. The van der Waals surface area contributed by atoms with Crippen molar-refractivity contribution in [1.82, 2.24) is 4.98 Å². The van der Waals surface area contributed by atoms with Gasteiger partial charge in [0.25, 0.3) is 0 Å². The number of aryl methyl sites for hydroxylation is 1. The van der Waals surface area contributed by atoms with Crippen molar-refractivity contribution < 1.29 is 14.3 Å². The van der Waals surface area contributed by atoms with Gasteiger partial charge in [-0.1, -0.05) is 42.5 Å². The van der Waals surface area contributed by atoms with Crippen molar-refractivity contribution in [2.75, 3.05) is 5.32 Å². The normalized spacial score (nSPS) is 10.3. The van der Waals surface area contributed by atoms with Crippen molar-refractivity contribution in [3.8, 4) is 0 Å². The first kappa shape index (κ1) is 19.3. The van der Waals surface area contributed by atoms with Gasteiger partial charge in [0.05, 0.1) is 5.56 Å². The zero-order valence-corrected chi connectivity index (χ0v) is 15.5. The number of amides is 1. The van der Waals surface area contributed by atoms with E-state index in [1.807, 2.05) is 48.5 Å². The molecule has 1 heterocycles. The number of rotatable bonds is 8. The maximum absolute atomic E-state index is 12.2. The Morgan fingerprint density at radius 3 is 2.54 bits per heavy atom. The van der Waals surface area contributed by atoms with E-state index in [0.29, 0.717) is 24.1 Å². The summed E-state index contributed by atoms with van der Waals surface area (Å²) in [6.45, 7) is 0.212. The lowest BCUT2D eigenvalue weighted by molar-refractivity contribution is -0.116. The molecule has 0 aliphatic rings. The van der Waals surface area contributed by atoms with Crippen LogP contribution in [0.2, 0.25) is 0 Å². The standard InChI is InChI=1S/C23H22N2O3/c26-22(14-7-12-20-11-4-5-15-24-20)25-21-13-6-10-19(16-21)23(27)28-17-18-8-2-1-3-9-18/h1-6,8-11,13,15-16H,7,12,14,17H2,(H,25,26). The molecule has 5 nitrogen and oxygen atoms in total. The highest BCUT2D eigenvalue weighted by Crippen LogP contribution is 2.14. The number of anilines is 1.